The number of amides is 2. The Bertz CT molecular complexity index is 567. The standard InChI is InChI=1S/C19H27N3O2/c20-14-17-8-4-5-11-22(17)19(24)16-9-12-21(13-10-16)18(23)15-6-2-1-3-7-15/h1-3,6-7,16-17H,4-5,8-14,20H2. The molecule has 2 heterocycles. The van der Waals surface area contributed by atoms with E-state index in [0.29, 0.717) is 19.6 Å². The summed E-state index contributed by atoms with van der Waals surface area (Å²) in [6.07, 6.45) is 4.77. The molecular weight excluding hydrogens is 302 g/mol. The SMILES string of the molecule is NCC1CCCCN1C(=O)C1CCN(C(=O)c2ccccc2)CC1. The Morgan fingerprint density at radius 3 is 2.38 bits per heavy atom. The van der Waals surface area contributed by atoms with E-state index in [1.165, 1.54) is 0 Å². The summed E-state index contributed by atoms with van der Waals surface area (Å²) in [5.41, 5.74) is 6.56. The molecule has 24 heavy (non-hydrogen) atoms. The molecule has 2 N–H and O–H groups in total. The van der Waals surface area contributed by atoms with Crippen LogP contribution >= 0.6 is 0 Å². The predicted octanol–water partition coefficient (Wildman–Crippen LogP) is 1.88. The van der Waals surface area contributed by atoms with Crippen LogP contribution in [0.3, 0.4) is 0 Å². The second-order valence-corrected chi connectivity index (χ2v) is 6.85. The minimum absolute atomic E-state index is 0.0389. The molecule has 2 fully saturated rings. The molecule has 1 aromatic carbocycles. The highest BCUT2D eigenvalue weighted by molar-refractivity contribution is 5.94. The second-order valence-electron chi connectivity index (χ2n) is 6.85. The van der Waals surface area contributed by atoms with Gasteiger partial charge in [-0.05, 0) is 44.2 Å². The summed E-state index contributed by atoms with van der Waals surface area (Å²) in [7, 11) is 0. The second kappa shape index (κ2) is 7.79. The topological polar surface area (TPSA) is 66.6 Å². The van der Waals surface area contributed by atoms with Gasteiger partial charge < -0.3 is 15.5 Å². The molecule has 2 saturated heterocycles. The molecule has 0 aromatic heterocycles. The zero-order chi connectivity index (χ0) is 16.9. The van der Waals surface area contributed by atoms with Crippen LogP contribution in [0, 0.1) is 5.92 Å². The van der Waals surface area contributed by atoms with Crippen molar-refractivity contribution in [1.29, 1.82) is 0 Å². The van der Waals surface area contributed by atoms with E-state index >= 15 is 0 Å². The number of hydrogen-bond donors (Lipinski definition) is 1. The Hall–Kier alpha value is -1.88. The van der Waals surface area contributed by atoms with Crippen LogP contribution in [0.1, 0.15) is 42.5 Å². The molecule has 0 spiro atoms. The van der Waals surface area contributed by atoms with Crippen molar-refractivity contribution in [2.45, 2.75) is 38.1 Å². The van der Waals surface area contributed by atoms with E-state index in [1.54, 1.807) is 0 Å². The average Bonchev–Trinajstić information content (AvgIpc) is 2.67. The van der Waals surface area contributed by atoms with E-state index in [-0.39, 0.29) is 23.8 Å². The van der Waals surface area contributed by atoms with Crippen LogP contribution in [-0.4, -0.2) is 53.8 Å². The molecule has 1 unspecified atom stereocenters. The van der Waals surface area contributed by atoms with Gasteiger partial charge in [-0.15, -0.1) is 0 Å². The van der Waals surface area contributed by atoms with E-state index in [1.807, 2.05) is 40.1 Å². The third-order valence-electron chi connectivity index (χ3n) is 5.33. The van der Waals surface area contributed by atoms with Crippen molar-refractivity contribution in [3.63, 3.8) is 0 Å². The summed E-state index contributed by atoms with van der Waals surface area (Å²) in [6, 6.07) is 9.57. The molecular formula is C19H27N3O2. The minimum Gasteiger partial charge on any atom is -0.339 e. The number of hydrogen-bond acceptors (Lipinski definition) is 3. The number of piperidine rings is 2. The van der Waals surface area contributed by atoms with Gasteiger partial charge in [-0.2, -0.15) is 0 Å². The van der Waals surface area contributed by atoms with Gasteiger partial charge in [0.05, 0.1) is 0 Å². The number of carbonyl (C=O) groups is 2. The van der Waals surface area contributed by atoms with Gasteiger partial charge in [-0.1, -0.05) is 18.2 Å². The molecule has 5 heteroatoms. The van der Waals surface area contributed by atoms with Gasteiger partial charge in [-0.25, -0.2) is 0 Å². The van der Waals surface area contributed by atoms with Crippen LogP contribution in [0.15, 0.2) is 30.3 Å². The van der Waals surface area contributed by atoms with Gasteiger partial charge in [0.2, 0.25) is 5.91 Å². The molecule has 1 atom stereocenters. The van der Waals surface area contributed by atoms with Gasteiger partial charge in [0, 0.05) is 43.7 Å². The summed E-state index contributed by atoms with van der Waals surface area (Å²) in [5, 5.41) is 0. The molecule has 2 aliphatic heterocycles. The van der Waals surface area contributed by atoms with Crippen LogP contribution in [0.25, 0.3) is 0 Å². The summed E-state index contributed by atoms with van der Waals surface area (Å²) < 4.78 is 0. The fourth-order valence-electron chi connectivity index (χ4n) is 3.86. The fraction of sp³-hybridized carbons (Fsp3) is 0.579. The minimum atomic E-state index is 0.0389. The van der Waals surface area contributed by atoms with Crippen molar-refractivity contribution in [1.82, 2.24) is 9.80 Å². The summed E-state index contributed by atoms with van der Waals surface area (Å²) >= 11 is 0. The predicted molar refractivity (Wildman–Crippen MR) is 93.5 cm³/mol. The van der Waals surface area contributed by atoms with Gasteiger partial charge in [0.15, 0.2) is 0 Å². The molecule has 0 saturated carbocycles. The first-order chi connectivity index (χ1) is 11.7. The summed E-state index contributed by atoms with van der Waals surface area (Å²) in [6.45, 7) is 2.71. The first-order valence-electron chi connectivity index (χ1n) is 9.05. The number of nitrogens with zero attached hydrogens (tertiary/aromatic N) is 2. The van der Waals surface area contributed by atoms with Crippen LogP contribution in [0.2, 0.25) is 0 Å². The van der Waals surface area contributed by atoms with Crippen molar-refractivity contribution in [3.05, 3.63) is 35.9 Å². The highest BCUT2D eigenvalue weighted by atomic mass is 16.2. The Morgan fingerprint density at radius 2 is 1.71 bits per heavy atom. The average molecular weight is 329 g/mol. The number of rotatable bonds is 3. The van der Waals surface area contributed by atoms with Gasteiger partial charge in [0.1, 0.15) is 0 Å². The van der Waals surface area contributed by atoms with Crippen LogP contribution in [-0.2, 0) is 4.79 Å². The number of likely N-dealkylation sites (tertiary alicyclic amines) is 2. The first-order valence-corrected chi connectivity index (χ1v) is 9.05. The van der Waals surface area contributed by atoms with Crippen molar-refractivity contribution < 1.29 is 9.59 Å². The first kappa shape index (κ1) is 17.0. The maximum Gasteiger partial charge on any atom is 0.253 e. The molecule has 3 rings (SSSR count). The van der Waals surface area contributed by atoms with Crippen molar-refractivity contribution in [2.75, 3.05) is 26.2 Å². The van der Waals surface area contributed by atoms with Crippen molar-refractivity contribution in [3.8, 4) is 0 Å². The fourth-order valence-corrected chi connectivity index (χ4v) is 3.86. The van der Waals surface area contributed by atoms with E-state index in [9.17, 15) is 9.59 Å². The van der Waals surface area contributed by atoms with Gasteiger partial charge >= 0.3 is 0 Å². The summed E-state index contributed by atoms with van der Waals surface area (Å²) in [4.78, 5) is 29.2. The molecule has 0 bridgehead atoms. The zero-order valence-corrected chi connectivity index (χ0v) is 14.2. The lowest BCUT2D eigenvalue weighted by Crippen LogP contribution is -2.51. The van der Waals surface area contributed by atoms with E-state index in [4.69, 9.17) is 5.73 Å². The van der Waals surface area contributed by atoms with E-state index < -0.39 is 0 Å². The lowest BCUT2D eigenvalue weighted by atomic mass is 9.92. The highest BCUT2D eigenvalue weighted by Gasteiger charge is 2.33. The number of nitrogens with two attached hydrogens (primary N) is 1. The zero-order valence-electron chi connectivity index (χ0n) is 14.2. The van der Waals surface area contributed by atoms with Crippen LogP contribution in [0.4, 0.5) is 0 Å². The Balaban J connectivity index is 1.56. The quantitative estimate of drug-likeness (QED) is 0.921. The number of carbonyl (C=O) groups excluding carboxylic acids is 2. The molecule has 5 nitrogen and oxygen atoms in total. The third kappa shape index (κ3) is 3.61. The van der Waals surface area contributed by atoms with Gasteiger partial charge in [-0.3, -0.25) is 9.59 Å². The maximum atomic E-state index is 12.8. The molecule has 1 aromatic rings. The molecule has 2 amide bonds. The highest BCUT2D eigenvalue weighted by Crippen LogP contribution is 2.25. The Labute approximate surface area is 143 Å². The van der Waals surface area contributed by atoms with E-state index in [2.05, 4.69) is 0 Å². The smallest absolute Gasteiger partial charge is 0.253 e. The number of benzene rings is 1. The normalized spacial score (nSPS) is 22.5. The Kier molecular flexibility index (Phi) is 5.51. The largest absolute Gasteiger partial charge is 0.339 e. The monoisotopic (exact) mass is 329 g/mol. The summed E-state index contributed by atoms with van der Waals surface area (Å²) in [5.74, 6) is 0.355. The van der Waals surface area contributed by atoms with Crippen LogP contribution < -0.4 is 5.73 Å². The van der Waals surface area contributed by atoms with E-state index in [0.717, 1.165) is 44.2 Å². The molecule has 0 aliphatic carbocycles. The third-order valence-corrected chi connectivity index (χ3v) is 5.33. The Morgan fingerprint density at radius 1 is 1.00 bits per heavy atom. The lowest BCUT2D eigenvalue weighted by Gasteiger charge is -2.39. The van der Waals surface area contributed by atoms with Gasteiger partial charge in [0.25, 0.3) is 5.91 Å². The maximum absolute atomic E-state index is 12.8. The molecule has 2 aliphatic rings. The van der Waals surface area contributed by atoms with Crippen LogP contribution in [0.5, 0.6) is 0 Å². The lowest BCUT2D eigenvalue weighted by molar-refractivity contribution is -0.140. The van der Waals surface area contributed by atoms with Crippen molar-refractivity contribution >= 4 is 11.8 Å². The molecule has 0 radical (unpaired) electrons. The van der Waals surface area contributed by atoms with Crippen molar-refractivity contribution in [2.24, 2.45) is 11.7 Å². The molecule has 130 valence electrons.